The van der Waals surface area contributed by atoms with Gasteiger partial charge in [-0.25, -0.2) is 0 Å². The van der Waals surface area contributed by atoms with Crippen molar-refractivity contribution >= 4 is 33.5 Å². The van der Waals surface area contributed by atoms with E-state index in [4.69, 9.17) is 15.9 Å². The van der Waals surface area contributed by atoms with Gasteiger partial charge in [0.2, 0.25) is 0 Å². The van der Waals surface area contributed by atoms with Gasteiger partial charge >= 0.3 is 0 Å². The summed E-state index contributed by atoms with van der Waals surface area (Å²) in [7, 11) is 1.66. The number of ether oxygens (including phenoxy) is 1. The Morgan fingerprint density at radius 1 is 1.26 bits per heavy atom. The predicted molar refractivity (Wildman–Crippen MR) is 82.3 cm³/mol. The fraction of sp³-hybridized carbons (Fsp3) is 0.0714. The second kappa shape index (κ2) is 6.12. The third-order valence-electron chi connectivity index (χ3n) is 2.53. The molecule has 0 aliphatic heterocycles. The van der Waals surface area contributed by atoms with Gasteiger partial charge in [0, 0.05) is 14.9 Å². The molecule has 2 aromatic rings. The van der Waals surface area contributed by atoms with E-state index in [-0.39, 0.29) is 5.84 Å². The second-order valence-electron chi connectivity index (χ2n) is 3.81. The van der Waals surface area contributed by atoms with Gasteiger partial charge in [0.05, 0.1) is 12.0 Å². The number of halogens is 1. The van der Waals surface area contributed by atoms with Crippen molar-refractivity contribution in [2.75, 3.05) is 7.11 Å². The number of hydrogen-bond donors (Lipinski definition) is 2. The molecule has 0 aliphatic rings. The first-order valence-corrected chi connectivity index (χ1v) is 7.17. The fourth-order valence-corrected chi connectivity index (χ4v) is 3.32. The zero-order valence-corrected chi connectivity index (χ0v) is 12.7. The van der Waals surface area contributed by atoms with E-state index >= 15 is 0 Å². The van der Waals surface area contributed by atoms with Crippen molar-refractivity contribution in [2.24, 2.45) is 5.73 Å². The van der Waals surface area contributed by atoms with E-state index < -0.39 is 0 Å². The molecule has 0 spiro atoms. The van der Waals surface area contributed by atoms with E-state index in [9.17, 15) is 0 Å². The average molecular weight is 337 g/mol. The number of rotatable bonds is 4. The molecule has 19 heavy (non-hydrogen) atoms. The molecule has 2 aromatic carbocycles. The van der Waals surface area contributed by atoms with E-state index in [0.29, 0.717) is 5.56 Å². The number of benzene rings is 2. The number of nitrogens with two attached hydrogens (primary N) is 1. The van der Waals surface area contributed by atoms with Crippen LogP contribution in [0, 0.1) is 5.41 Å². The lowest BCUT2D eigenvalue weighted by Gasteiger charge is -2.09. The van der Waals surface area contributed by atoms with Gasteiger partial charge < -0.3 is 10.5 Å². The molecule has 0 saturated carbocycles. The van der Waals surface area contributed by atoms with Crippen LogP contribution in [-0.4, -0.2) is 12.9 Å². The topological polar surface area (TPSA) is 59.1 Å². The second-order valence-corrected chi connectivity index (χ2v) is 5.78. The lowest BCUT2D eigenvalue weighted by molar-refractivity contribution is 0.405. The highest BCUT2D eigenvalue weighted by Crippen LogP contribution is 2.36. The minimum Gasteiger partial charge on any atom is -0.496 e. The van der Waals surface area contributed by atoms with Crippen molar-refractivity contribution in [3.63, 3.8) is 0 Å². The molecule has 0 heterocycles. The Labute approximate surface area is 124 Å². The van der Waals surface area contributed by atoms with E-state index in [2.05, 4.69) is 15.9 Å². The van der Waals surface area contributed by atoms with Gasteiger partial charge in [0.25, 0.3) is 0 Å². The molecule has 0 bridgehead atoms. The quantitative estimate of drug-likeness (QED) is 0.657. The van der Waals surface area contributed by atoms with Crippen LogP contribution in [-0.2, 0) is 0 Å². The minimum absolute atomic E-state index is 0.0562. The number of amidine groups is 1. The lowest BCUT2D eigenvalue weighted by Crippen LogP contribution is -2.11. The van der Waals surface area contributed by atoms with Crippen molar-refractivity contribution in [3.8, 4) is 5.75 Å². The molecule has 98 valence electrons. The molecule has 5 heteroatoms. The monoisotopic (exact) mass is 336 g/mol. The average Bonchev–Trinajstić information content (AvgIpc) is 2.39. The Bertz CT molecular complexity index is 616. The molecule has 2 rings (SSSR count). The Hall–Kier alpha value is -1.46. The van der Waals surface area contributed by atoms with Gasteiger partial charge in [0.15, 0.2) is 0 Å². The molecule has 0 amide bonds. The smallest absolute Gasteiger partial charge is 0.132 e. The fourth-order valence-electron chi connectivity index (χ4n) is 1.61. The van der Waals surface area contributed by atoms with Crippen LogP contribution in [0.3, 0.4) is 0 Å². The van der Waals surface area contributed by atoms with Crippen molar-refractivity contribution < 1.29 is 4.74 Å². The highest BCUT2D eigenvalue weighted by Gasteiger charge is 2.07. The molecule has 0 aliphatic carbocycles. The summed E-state index contributed by atoms with van der Waals surface area (Å²) in [5, 5.41) is 7.45. The molecule has 0 unspecified atom stereocenters. The minimum atomic E-state index is 0.0562. The zero-order valence-electron chi connectivity index (χ0n) is 10.3. The zero-order chi connectivity index (χ0) is 13.8. The molecule has 0 aromatic heterocycles. The maximum absolute atomic E-state index is 7.45. The van der Waals surface area contributed by atoms with Crippen LogP contribution < -0.4 is 10.5 Å². The highest BCUT2D eigenvalue weighted by molar-refractivity contribution is 9.10. The standard InChI is InChI=1S/C14H13BrN2OS/c1-18-12-4-2-3-5-13(12)19-9-6-7-10(14(16)17)11(15)8-9/h2-8H,1H3,(H3,16,17). The summed E-state index contributed by atoms with van der Waals surface area (Å²) in [5.74, 6) is 0.903. The largest absolute Gasteiger partial charge is 0.496 e. The summed E-state index contributed by atoms with van der Waals surface area (Å²) in [6.07, 6.45) is 0. The third kappa shape index (κ3) is 3.30. The summed E-state index contributed by atoms with van der Waals surface area (Å²) in [6.45, 7) is 0. The Balaban J connectivity index is 2.29. The Morgan fingerprint density at radius 3 is 2.63 bits per heavy atom. The van der Waals surface area contributed by atoms with Crippen LogP contribution in [0.15, 0.2) is 56.7 Å². The van der Waals surface area contributed by atoms with E-state index in [1.54, 1.807) is 18.9 Å². The number of methoxy groups -OCH3 is 1. The predicted octanol–water partition coefficient (Wildman–Crippen LogP) is 3.89. The van der Waals surface area contributed by atoms with Crippen LogP contribution in [0.4, 0.5) is 0 Å². The summed E-state index contributed by atoms with van der Waals surface area (Å²) in [5.41, 5.74) is 6.19. The van der Waals surface area contributed by atoms with E-state index in [1.165, 1.54) is 0 Å². The number of para-hydroxylation sites is 1. The first kappa shape index (κ1) is 14.0. The van der Waals surface area contributed by atoms with Crippen molar-refractivity contribution in [1.82, 2.24) is 0 Å². The molecular weight excluding hydrogens is 324 g/mol. The summed E-state index contributed by atoms with van der Waals surface area (Å²) in [6, 6.07) is 13.6. The summed E-state index contributed by atoms with van der Waals surface area (Å²) in [4.78, 5) is 2.11. The van der Waals surface area contributed by atoms with Crippen molar-refractivity contribution in [3.05, 3.63) is 52.5 Å². The normalized spacial score (nSPS) is 10.2. The number of nitrogen functional groups attached to an aromatic ring is 1. The van der Waals surface area contributed by atoms with Gasteiger partial charge in [-0.15, -0.1) is 0 Å². The third-order valence-corrected chi connectivity index (χ3v) is 4.23. The molecule has 0 fully saturated rings. The van der Waals surface area contributed by atoms with Crippen molar-refractivity contribution in [1.29, 1.82) is 5.41 Å². The number of hydrogen-bond acceptors (Lipinski definition) is 3. The van der Waals surface area contributed by atoms with Crippen LogP contribution in [0.25, 0.3) is 0 Å². The molecule has 3 N–H and O–H groups in total. The van der Waals surface area contributed by atoms with Gasteiger partial charge in [-0.1, -0.05) is 23.9 Å². The molecule has 3 nitrogen and oxygen atoms in total. The summed E-state index contributed by atoms with van der Waals surface area (Å²) < 4.78 is 6.14. The SMILES string of the molecule is COc1ccccc1Sc1ccc(C(=N)N)c(Br)c1. The first-order chi connectivity index (χ1) is 9.11. The molecular formula is C14H13BrN2OS. The van der Waals surface area contributed by atoms with E-state index in [1.807, 2.05) is 42.5 Å². The molecule has 0 radical (unpaired) electrons. The van der Waals surface area contributed by atoms with Crippen LogP contribution in [0.1, 0.15) is 5.56 Å². The van der Waals surface area contributed by atoms with Crippen molar-refractivity contribution in [2.45, 2.75) is 9.79 Å². The lowest BCUT2D eigenvalue weighted by atomic mass is 10.2. The molecule has 0 saturated heterocycles. The van der Waals surface area contributed by atoms with Gasteiger partial charge in [-0.3, -0.25) is 5.41 Å². The Kier molecular flexibility index (Phi) is 4.50. The number of nitrogens with one attached hydrogen (secondary N) is 1. The first-order valence-electron chi connectivity index (χ1n) is 5.56. The van der Waals surface area contributed by atoms with Gasteiger partial charge in [0.1, 0.15) is 11.6 Å². The van der Waals surface area contributed by atoms with Crippen LogP contribution in [0.5, 0.6) is 5.75 Å². The van der Waals surface area contributed by atoms with E-state index in [0.717, 1.165) is 20.0 Å². The highest BCUT2D eigenvalue weighted by atomic mass is 79.9. The maximum atomic E-state index is 7.45. The molecule has 0 atom stereocenters. The summed E-state index contributed by atoms with van der Waals surface area (Å²) >= 11 is 5.04. The van der Waals surface area contributed by atoms with Crippen LogP contribution >= 0.6 is 27.7 Å². The van der Waals surface area contributed by atoms with Gasteiger partial charge in [-0.2, -0.15) is 0 Å². The van der Waals surface area contributed by atoms with Crippen LogP contribution in [0.2, 0.25) is 0 Å². The maximum Gasteiger partial charge on any atom is 0.132 e. The van der Waals surface area contributed by atoms with Gasteiger partial charge in [-0.05, 0) is 46.3 Å². The Morgan fingerprint density at radius 2 is 2.00 bits per heavy atom.